The summed E-state index contributed by atoms with van der Waals surface area (Å²) in [7, 11) is 0. The van der Waals surface area contributed by atoms with E-state index in [1.54, 1.807) is 12.1 Å². The maximum absolute atomic E-state index is 11.2. The molecule has 3 heterocycles. The molecule has 3 aromatic heterocycles. The smallest absolute Gasteiger partial charge is 0.251 e. The SMILES string of the molecule is NC(=O)c1ccc(CCCCn2cnc3c(N)nc4ccccc4c32)nc1Cl. The number of hydrogen-bond donors (Lipinski definition) is 2. The van der Waals surface area contributed by atoms with Crippen LogP contribution in [0.2, 0.25) is 5.15 Å². The van der Waals surface area contributed by atoms with Crippen LogP contribution in [-0.2, 0) is 13.0 Å². The molecule has 1 aromatic carbocycles. The Hall–Kier alpha value is -3.19. The summed E-state index contributed by atoms with van der Waals surface area (Å²) >= 11 is 6.01. The number of anilines is 1. The van der Waals surface area contributed by atoms with E-state index in [9.17, 15) is 4.79 Å². The monoisotopic (exact) mass is 394 g/mol. The van der Waals surface area contributed by atoms with E-state index in [0.29, 0.717) is 5.82 Å². The number of aromatic nitrogens is 4. The Labute approximate surface area is 166 Å². The van der Waals surface area contributed by atoms with Gasteiger partial charge in [0.1, 0.15) is 10.7 Å². The van der Waals surface area contributed by atoms with Crippen molar-refractivity contribution in [3.05, 3.63) is 59.1 Å². The molecule has 142 valence electrons. The van der Waals surface area contributed by atoms with Crippen LogP contribution in [0.25, 0.3) is 21.9 Å². The molecule has 7 nitrogen and oxygen atoms in total. The zero-order valence-corrected chi connectivity index (χ0v) is 15.9. The number of para-hydroxylation sites is 1. The molecule has 0 aliphatic rings. The normalized spacial score (nSPS) is 11.3. The zero-order valence-electron chi connectivity index (χ0n) is 15.1. The summed E-state index contributed by atoms with van der Waals surface area (Å²) in [6.45, 7) is 0.803. The molecule has 0 spiro atoms. The van der Waals surface area contributed by atoms with Crippen molar-refractivity contribution in [2.75, 3.05) is 5.73 Å². The lowest BCUT2D eigenvalue weighted by molar-refractivity contribution is 0.1000. The number of halogens is 1. The number of hydrogen-bond acceptors (Lipinski definition) is 5. The number of unbranched alkanes of at least 4 members (excludes halogenated alkanes) is 1. The highest BCUT2D eigenvalue weighted by molar-refractivity contribution is 6.32. The van der Waals surface area contributed by atoms with Gasteiger partial charge in [0, 0.05) is 17.6 Å². The number of nitrogens with two attached hydrogens (primary N) is 2. The second-order valence-electron chi connectivity index (χ2n) is 6.61. The summed E-state index contributed by atoms with van der Waals surface area (Å²) in [6, 6.07) is 11.3. The number of pyridine rings is 2. The fourth-order valence-electron chi connectivity index (χ4n) is 3.36. The van der Waals surface area contributed by atoms with Crippen LogP contribution >= 0.6 is 11.6 Å². The van der Waals surface area contributed by atoms with Crippen molar-refractivity contribution in [2.24, 2.45) is 5.73 Å². The van der Waals surface area contributed by atoms with E-state index >= 15 is 0 Å². The number of aryl methyl sites for hydroxylation is 2. The van der Waals surface area contributed by atoms with Gasteiger partial charge >= 0.3 is 0 Å². The largest absolute Gasteiger partial charge is 0.382 e. The van der Waals surface area contributed by atoms with Crippen LogP contribution in [0.15, 0.2) is 42.7 Å². The Kier molecular flexibility index (Phi) is 4.83. The Morgan fingerprint density at radius 3 is 2.71 bits per heavy atom. The number of rotatable bonds is 6. The number of nitrogens with zero attached hydrogens (tertiary/aromatic N) is 4. The van der Waals surface area contributed by atoms with E-state index in [-0.39, 0.29) is 10.7 Å². The topological polar surface area (TPSA) is 113 Å². The molecule has 0 fully saturated rings. The van der Waals surface area contributed by atoms with Gasteiger partial charge in [-0.15, -0.1) is 0 Å². The van der Waals surface area contributed by atoms with Crippen molar-refractivity contribution in [1.82, 2.24) is 19.5 Å². The minimum Gasteiger partial charge on any atom is -0.382 e. The second kappa shape index (κ2) is 7.44. The molecule has 4 rings (SSSR count). The molecule has 0 aliphatic heterocycles. The molecule has 28 heavy (non-hydrogen) atoms. The summed E-state index contributed by atoms with van der Waals surface area (Å²) in [5.41, 5.74) is 15.0. The van der Waals surface area contributed by atoms with Gasteiger partial charge in [0.15, 0.2) is 5.82 Å². The molecule has 8 heteroatoms. The molecule has 4 aromatic rings. The first-order valence-electron chi connectivity index (χ1n) is 8.99. The lowest BCUT2D eigenvalue weighted by Gasteiger charge is -2.08. The maximum atomic E-state index is 11.2. The molecule has 4 N–H and O–H groups in total. The number of carbonyl (C=O) groups is 1. The van der Waals surface area contributed by atoms with Gasteiger partial charge in [-0.1, -0.05) is 29.8 Å². The molecule has 0 aliphatic carbocycles. The molecule has 0 bridgehead atoms. The van der Waals surface area contributed by atoms with Crippen molar-refractivity contribution in [2.45, 2.75) is 25.8 Å². The van der Waals surface area contributed by atoms with Crippen LogP contribution in [0.1, 0.15) is 28.9 Å². The average Bonchev–Trinajstić information content (AvgIpc) is 3.10. The first-order chi connectivity index (χ1) is 13.5. The average molecular weight is 395 g/mol. The van der Waals surface area contributed by atoms with Crippen molar-refractivity contribution >= 4 is 45.3 Å². The summed E-state index contributed by atoms with van der Waals surface area (Å²) in [4.78, 5) is 24.4. The highest BCUT2D eigenvalue weighted by Gasteiger charge is 2.12. The predicted molar refractivity (Wildman–Crippen MR) is 110 cm³/mol. The van der Waals surface area contributed by atoms with E-state index in [4.69, 9.17) is 23.1 Å². The number of benzene rings is 1. The minimum absolute atomic E-state index is 0.153. The van der Waals surface area contributed by atoms with Crippen LogP contribution in [0, 0.1) is 0 Å². The van der Waals surface area contributed by atoms with Gasteiger partial charge in [-0.2, -0.15) is 0 Å². The summed E-state index contributed by atoms with van der Waals surface area (Å²) in [5.74, 6) is -0.127. The molecule has 0 unspecified atom stereocenters. The fraction of sp³-hybridized carbons (Fsp3) is 0.200. The van der Waals surface area contributed by atoms with Crippen molar-refractivity contribution in [3.63, 3.8) is 0 Å². The van der Waals surface area contributed by atoms with Gasteiger partial charge in [0.2, 0.25) is 0 Å². The lowest BCUT2D eigenvalue weighted by Crippen LogP contribution is -2.12. The molecule has 0 atom stereocenters. The number of carbonyl (C=O) groups excluding carboxylic acids is 1. The number of amides is 1. The third-order valence-corrected chi connectivity index (χ3v) is 5.02. The van der Waals surface area contributed by atoms with Crippen LogP contribution < -0.4 is 11.5 Å². The molecule has 1 amide bonds. The standard InChI is InChI=1S/C20H19ClN6O/c21-18-14(20(23)28)9-8-12(25-18)5-3-4-10-27-11-24-16-17(27)13-6-1-2-7-15(13)26-19(16)22/h1-2,6-9,11H,3-5,10H2,(H2,22,26)(H2,23,28). The quantitative estimate of drug-likeness (QED) is 0.384. The third kappa shape index (κ3) is 3.36. The van der Waals surface area contributed by atoms with Gasteiger partial charge in [-0.3, -0.25) is 4.79 Å². The van der Waals surface area contributed by atoms with E-state index in [1.165, 1.54) is 0 Å². The van der Waals surface area contributed by atoms with Crippen LogP contribution in [0.3, 0.4) is 0 Å². The zero-order chi connectivity index (χ0) is 19.7. The summed E-state index contributed by atoms with van der Waals surface area (Å²) in [6.07, 6.45) is 4.41. The van der Waals surface area contributed by atoms with Crippen molar-refractivity contribution in [3.8, 4) is 0 Å². The lowest BCUT2D eigenvalue weighted by atomic mass is 10.1. The van der Waals surface area contributed by atoms with E-state index in [1.807, 2.05) is 30.6 Å². The highest BCUT2D eigenvalue weighted by atomic mass is 35.5. The minimum atomic E-state index is -0.572. The number of imidazole rings is 1. The molecule has 0 saturated heterocycles. The van der Waals surface area contributed by atoms with E-state index in [2.05, 4.69) is 19.5 Å². The van der Waals surface area contributed by atoms with Gasteiger partial charge in [-0.25, -0.2) is 15.0 Å². The first-order valence-corrected chi connectivity index (χ1v) is 9.36. The Balaban J connectivity index is 1.48. The fourth-order valence-corrected chi connectivity index (χ4v) is 3.62. The number of nitrogen functional groups attached to an aromatic ring is 1. The van der Waals surface area contributed by atoms with E-state index < -0.39 is 5.91 Å². The Bertz CT molecular complexity index is 1190. The maximum Gasteiger partial charge on any atom is 0.251 e. The first kappa shape index (κ1) is 18.2. The number of primary amides is 1. The molecular formula is C20H19ClN6O. The van der Waals surface area contributed by atoms with Crippen LogP contribution in [0.4, 0.5) is 5.82 Å². The van der Waals surface area contributed by atoms with Gasteiger partial charge in [0.25, 0.3) is 5.91 Å². The summed E-state index contributed by atoms with van der Waals surface area (Å²) in [5, 5.41) is 1.19. The number of fused-ring (bicyclic) bond motifs is 3. The Morgan fingerprint density at radius 1 is 1.11 bits per heavy atom. The predicted octanol–water partition coefficient (Wildman–Crippen LogP) is 3.34. The third-order valence-electron chi connectivity index (χ3n) is 4.73. The molecular weight excluding hydrogens is 376 g/mol. The van der Waals surface area contributed by atoms with Gasteiger partial charge < -0.3 is 16.0 Å². The molecule has 0 saturated carbocycles. The van der Waals surface area contributed by atoms with Gasteiger partial charge in [-0.05, 0) is 37.5 Å². The van der Waals surface area contributed by atoms with Gasteiger partial charge in [0.05, 0.1) is 22.9 Å². The molecule has 0 radical (unpaired) electrons. The van der Waals surface area contributed by atoms with Crippen molar-refractivity contribution < 1.29 is 4.79 Å². The second-order valence-corrected chi connectivity index (χ2v) is 6.97. The Morgan fingerprint density at radius 2 is 1.93 bits per heavy atom. The summed E-state index contributed by atoms with van der Waals surface area (Å²) < 4.78 is 2.12. The highest BCUT2D eigenvalue weighted by Crippen LogP contribution is 2.27. The van der Waals surface area contributed by atoms with E-state index in [0.717, 1.165) is 53.4 Å². The van der Waals surface area contributed by atoms with Crippen LogP contribution in [0.5, 0.6) is 0 Å². The van der Waals surface area contributed by atoms with Crippen molar-refractivity contribution in [1.29, 1.82) is 0 Å². The van der Waals surface area contributed by atoms with Crippen LogP contribution in [-0.4, -0.2) is 25.4 Å².